The van der Waals surface area contributed by atoms with E-state index in [2.05, 4.69) is 15.9 Å². The molecule has 2 aromatic rings. The van der Waals surface area contributed by atoms with Crippen LogP contribution in [0.5, 0.6) is 11.5 Å². The SMILES string of the molecule is OCC1COc2c(cc(Br)c3occc23)O1. The maximum absolute atomic E-state index is 9.02. The Labute approximate surface area is 99.9 Å². The lowest BCUT2D eigenvalue weighted by atomic mass is 10.2. The quantitative estimate of drug-likeness (QED) is 0.873. The normalized spacial score (nSPS) is 19.0. The summed E-state index contributed by atoms with van der Waals surface area (Å²) >= 11 is 3.41. The van der Waals surface area contributed by atoms with Gasteiger partial charge in [-0.25, -0.2) is 0 Å². The van der Waals surface area contributed by atoms with E-state index in [1.165, 1.54) is 0 Å². The van der Waals surface area contributed by atoms with Gasteiger partial charge in [0.15, 0.2) is 23.2 Å². The predicted molar refractivity (Wildman–Crippen MR) is 60.9 cm³/mol. The van der Waals surface area contributed by atoms with Crippen molar-refractivity contribution in [3.8, 4) is 11.5 Å². The number of rotatable bonds is 1. The number of fused-ring (bicyclic) bond motifs is 3. The van der Waals surface area contributed by atoms with E-state index in [1.54, 1.807) is 12.3 Å². The molecular weight excluding hydrogens is 276 g/mol. The van der Waals surface area contributed by atoms with Crippen LogP contribution in [-0.4, -0.2) is 24.4 Å². The van der Waals surface area contributed by atoms with Gasteiger partial charge in [-0.15, -0.1) is 0 Å². The third kappa shape index (κ3) is 1.39. The highest BCUT2D eigenvalue weighted by Crippen LogP contribution is 2.42. The zero-order valence-electron chi connectivity index (χ0n) is 8.27. The fourth-order valence-electron chi connectivity index (χ4n) is 1.77. The number of halogens is 1. The van der Waals surface area contributed by atoms with Crippen molar-refractivity contribution in [1.82, 2.24) is 0 Å². The Hall–Kier alpha value is -1.20. The molecule has 0 fully saturated rings. The lowest BCUT2D eigenvalue weighted by Crippen LogP contribution is -2.32. The minimum Gasteiger partial charge on any atom is -0.485 e. The average Bonchev–Trinajstić information content (AvgIpc) is 2.78. The summed E-state index contributed by atoms with van der Waals surface area (Å²) in [5.41, 5.74) is 0.741. The van der Waals surface area contributed by atoms with Crippen molar-refractivity contribution < 1.29 is 19.0 Å². The fourth-order valence-corrected chi connectivity index (χ4v) is 2.28. The summed E-state index contributed by atoms with van der Waals surface area (Å²) < 4.78 is 17.3. The molecule has 1 unspecified atom stereocenters. The molecule has 1 aromatic heterocycles. The summed E-state index contributed by atoms with van der Waals surface area (Å²) in [6.45, 7) is 0.298. The molecule has 0 bridgehead atoms. The van der Waals surface area contributed by atoms with Gasteiger partial charge in [0.25, 0.3) is 0 Å². The number of aliphatic hydroxyl groups excluding tert-OH is 1. The van der Waals surface area contributed by atoms with Gasteiger partial charge in [-0.2, -0.15) is 0 Å². The van der Waals surface area contributed by atoms with Crippen molar-refractivity contribution in [2.45, 2.75) is 6.10 Å². The van der Waals surface area contributed by atoms with E-state index in [9.17, 15) is 0 Å². The first-order valence-corrected chi connectivity index (χ1v) is 5.69. The summed E-state index contributed by atoms with van der Waals surface area (Å²) in [5, 5.41) is 9.90. The molecule has 1 N–H and O–H groups in total. The summed E-state index contributed by atoms with van der Waals surface area (Å²) in [4.78, 5) is 0. The average molecular weight is 285 g/mol. The van der Waals surface area contributed by atoms with Crippen LogP contribution in [0.3, 0.4) is 0 Å². The standard InChI is InChI=1S/C11H9BrO4/c12-8-3-9-11(7-1-2-14-10(7)8)15-5-6(4-13)16-9/h1-3,6,13H,4-5H2. The lowest BCUT2D eigenvalue weighted by molar-refractivity contribution is 0.0467. The molecule has 4 nitrogen and oxygen atoms in total. The van der Waals surface area contributed by atoms with E-state index in [-0.39, 0.29) is 12.7 Å². The van der Waals surface area contributed by atoms with E-state index in [0.29, 0.717) is 18.1 Å². The maximum Gasteiger partial charge on any atom is 0.172 e. The Kier molecular flexibility index (Phi) is 2.29. The van der Waals surface area contributed by atoms with Crippen LogP contribution in [0.2, 0.25) is 0 Å². The van der Waals surface area contributed by atoms with Crippen LogP contribution in [0, 0.1) is 0 Å². The Bertz CT molecular complexity index is 534. The van der Waals surface area contributed by atoms with Gasteiger partial charge in [-0.05, 0) is 22.0 Å². The zero-order chi connectivity index (χ0) is 11.1. The van der Waals surface area contributed by atoms with E-state index >= 15 is 0 Å². The molecule has 1 aromatic carbocycles. The van der Waals surface area contributed by atoms with E-state index in [1.807, 2.05) is 6.07 Å². The Morgan fingerprint density at radius 2 is 2.38 bits per heavy atom. The van der Waals surface area contributed by atoms with Crippen molar-refractivity contribution in [1.29, 1.82) is 0 Å². The molecule has 2 heterocycles. The number of hydrogen-bond acceptors (Lipinski definition) is 4. The van der Waals surface area contributed by atoms with E-state index < -0.39 is 0 Å². The summed E-state index contributed by atoms with van der Waals surface area (Å²) in [7, 11) is 0. The van der Waals surface area contributed by atoms with Gasteiger partial charge in [0.1, 0.15) is 6.61 Å². The number of ether oxygens (including phenoxy) is 2. The Morgan fingerprint density at radius 3 is 3.19 bits per heavy atom. The molecule has 84 valence electrons. The lowest BCUT2D eigenvalue weighted by Gasteiger charge is -2.25. The first kappa shape index (κ1) is 9.99. The maximum atomic E-state index is 9.02. The molecule has 16 heavy (non-hydrogen) atoms. The molecule has 1 aliphatic heterocycles. The third-order valence-corrected chi connectivity index (χ3v) is 3.11. The number of benzene rings is 1. The third-order valence-electron chi connectivity index (χ3n) is 2.52. The molecular formula is C11H9BrO4. The second-order valence-electron chi connectivity index (χ2n) is 3.58. The first-order valence-electron chi connectivity index (χ1n) is 4.89. The van der Waals surface area contributed by atoms with Gasteiger partial charge in [-0.1, -0.05) is 0 Å². The smallest absolute Gasteiger partial charge is 0.172 e. The minimum atomic E-state index is -0.302. The van der Waals surface area contributed by atoms with Gasteiger partial charge < -0.3 is 19.0 Å². The van der Waals surface area contributed by atoms with Gasteiger partial charge in [-0.3, -0.25) is 0 Å². The van der Waals surface area contributed by atoms with Crippen molar-refractivity contribution in [2.75, 3.05) is 13.2 Å². The van der Waals surface area contributed by atoms with Crippen LogP contribution in [0.4, 0.5) is 0 Å². The summed E-state index contributed by atoms with van der Waals surface area (Å²) in [6, 6.07) is 3.63. The first-order chi connectivity index (χ1) is 7.79. The molecule has 3 rings (SSSR count). The molecule has 5 heteroatoms. The monoisotopic (exact) mass is 284 g/mol. The highest BCUT2D eigenvalue weighted by Gasteiger charge is 2.24. The van der Waals surface area contributed by atoms with Crippen LogP contribution >= 0.6 is 15.9 Å². The highest BCUT2D eigenvalue weighted by molar-refractivity contribution is 9.10. The number of hydrogen-bond donors (Lipinski definition) is 1. The van der Waals surface area contributed by atoms with Gasteiger partial charge >= 0.3 is 0 Å². The van der Waals surface area contributed by atoms with Gasteiger partial charge in [0.05, 0.1) is 22.7 Å². The zero-order valence-corrected chi connectivity index (χ0v) is 9.86. The van der Waals surface area contributed by atoms with Crippen molar-refractivity contribution in [2.24, 2.45) is 0 Å². The van der Waals surface area contributed by atoms with Crippen molar-refractivity contribution in [3.05, 3.63) is 22.9 Å². The molecule has 1 aliphatic rings. The second-order valence-corrected chi connectivity index (χ2v) is 4.44. The van der Waals surface area contributed by atoms with Crippen molar-refractivity contribution >= 4 is 26.9 Å². The molecule has 0 aliphatic carbocycles. The van der Waals surface area contributed by atoms with Crippen molar-refractivity contribution in [3.63, 3.8) is 0 Å². The Balaban J connectivity index is 2.18. The molecule has 0 saturated carbocycles. The van der Waals surface area contributed by atoms with Gasteiger partial charge in [0, 0.05) is 6.07 Å². The molecule has 0 amide bonds. The van der Waals surface area contributed by atoms with Gasteiger partial charge in [0.2, 0.25) is 0 Å². The predicted octanol–water partition coefficient (Wildman–Crippen LogP) is 2.33. The van der Waals surface area contributed by atoms with Crippen LogP contribution < -0.4 is 9.47 Å². The molecule has 0 spiro atoms. The molecule has 0 saturated heterocycles. The number of furan rings is 1. The summed E-state index contributed by atoms with van der Waals surface area (Å²) in [6.07, 6.45) is 1.31. The largest absolute Gasteiger partial charge is 0.485 e. The Morgan fingerprint density at radius 1 is 1.50 bits per heavy atom. The topological polar surface area (TPSA) is 51.8 Å². The fraction of sp³-hybridized carbons (Fsp3) is 0.273. The van der Waals surface area contributed by atoms with Crippen LogP contribution in [0.25, 0.3) is 11.0 Å². The van der Waals surface area contributed by atoms with E-state index in [0.717, 1.165) is 15.4 Å². The second kappa shape index (κ2) is 3.68. The molecule has 0 radical (unpaired) electrons. The van der Waals surface area contributed by atoms with E-state index in [4.69, 9.17) is 19.0 Å². The molecule has 1 atom stereocenters. The highest BCUT2D eigenvalue weighted by atomic mass is 79.9. The van der Waals surface area contributed by atoms with Crippen LogP contribution in [-0.2, 0) is 0 Å². The minimum absolute atomic E-state index is 0.0551. The van der Waals surface area contributed by atoms with Crippen LogP contribution in [0.1, 0.15) is 0 Å². The number of aliphatic hydroxyl groups is 1. The van der Waals surface area contributed by atoms with Crippen LogP contribution in [0.15, 0.2) is 27.3 Å². The summed E-state index contributed by atoms with van der Waals surface area (Å²) in [5.74, 6) is 1.31.